The van der Waals surface area contributed by atoms with Crippen molar-refractivity contribution >= 4 is 35.7 Å². The summed E-state index contributed by atoms with van der Waals surface area (Å²) < 4.78 is 171. The van der Waals surface area contributed by atoms with Gasteiger partial charge in [-0.15, -0.1) is 0 Å². The topological polar surface area (TPSA) is 174 Å². The highest BCUT2D eigenvalue weighted by atomic mass is 19.4. The van der Waals surface area contributed by atoms with E-state index in [0.717, 1.165) is 11.1 Å². The molecule has 0 spiro atoms. The predicted molar refractivity (Wildman–Crippen MR) is 197 cm³/mol. The van der Waals surface area contributed by atoms with E-state index in [-0.39, 0.29) is 37.3 Å². The Morgan fingerprint density at radius 1 is 0.523 bits per heavy atom. The molecular weight excluding hydrogens is 908 g/mol. The van der Waals surface area contributed by atoms with E-state index >= 15 is 0 Å². The zero-order valence-electron chi connectivity index (χ0n) is 32.9. The Kier molecular flexibility index (Phi) is 17.6. The van der Waals surface area contributed by atoms with Gasteiger partial charge in [-0.1, -0.05) is 72.8 Å². The Labute approximate surface area is 358 Å². The van der Waals surface area contributed by atoms with Crippen LogP contribution >= 0.6 is 0 Å². The number of alkyl halides is 12. The van der Waals surface area contributed by atoms with Gasteiger partial charge in [0.15, 0.2) is 13.2 Å². The second-order valence-corrected chi connectivity index (χ2v) is 13.2. The van der Waals surface area contributed by atoms with Crippen molar-refractivity contribution in [3.63, 3.8) is 0 Å². The summed E-state index contributed by atoms with van der Waals surface area (Å²) in [5.41, 5.74) is -10.7. The third-order valence-electron chi connectivity index (χ3n) is 8.32. The first-order valence-corrected chi connectivity index (χ1v) is 18.1. The second kappa shape index (κ2) is 22.0. The number of Topliss-reactive ketones (excluding diaryl/α,β-unsaturated/α-hetero) is 1. The molecule has 65 heavy (non-hydrogen) atoms. The molecule has 0 aliphatic carbocycles. The van der Waals surface area contributed by atoms with Crippen LogP contribution in [0.3, 0.4) is 0 Å². The van der Waals surface area contributed by atoms with E-state index in [1.807, 2.05) is 60.7 Å². The quantitative estimate of drug-likeness (QED) is 0.0632. The van der Waals surface area contributed by atoms with Gasteiger partial charge in [-0.25, -0.2) is 14.4 Å². The van der Waals surface area contributed by atoms with E-state index in [1.165, 1.54) is 6.92 Å². The third-order valence-corrected chi connectivity index (χ3v) is 8.32. The van der Waals surface area contributed by atoms with Gasteiger partial charge in [0.05, 0.1) is 33.4 Å². The number of carbonyl (C=O) groups is 6. The van der Waals surface area contributed by atoms with E-state index in [4.69, 9.17) is 9.84 Å². The second-order valence-electron chi connectivity index (χ2n) is 13.2. The normalized spacial score (nSPS) is 12.6. The van der Waals surface area contributed by atoms with Crippen molar-refractivity contribution in [1.29, 1.82) is 0 Å². The van der Waals surface area contributed by atoms with Crippen molar-refractivity contribution in [2.75, 3.05) is 13.2 Å². The third kappa shape index (κ3) is 15.9. The lowest BCUT2D eigenvalue weighted by Crippen LogP contribution is -2.51. The number of carbonyl (C=O) groups excluding carboxylic acids is 5. The number of alkyl carbamates (subject to hydrolysis) is 1. The standard InChI is InChI=1S/C21H10F12O5.C20H22N2O5/c22-18(23,24)10-3-1-4-11(19(25,26)27)14(10)16(35)37-7-9(34)8-38-17(36)15-12(20(28,29)30)5-2-6-13(15)21(31,32)33;1-14(19(24)25)21-18(23)17(12-15-8-4-2-5-9-15)22-20(26)27-13-16-10-6-3-7-11-16/h1-6H,7-8H2;2-11,14,17H,12-13H2,1H3,(H,21,23)(H,22,26)(H,24,25)/t;14-,17-/m.0/s1. The minimum Gasteiger partial charge on any atom is -0.480 e. The summed E-state index contributed by atoms with van der Waals surface area (Å²) in [6.07, 6.45) is -22.4. The molecule has 0 aromatic heterocycles. The number of esters is 2. The molecule has 0 fully saturated rings. The lowest BCUT2D eigenvalue weighted by Gasteiger charge is -2.20. The maximum atomic E-state index is 13.1. The molecule has 0 radical (unpaired) electrons. The Hall–Kier alpha value is -7.14. The molecule has 24 heteroatoms. The van der Waals surface area contributed by atoms with Crippen molar-refractivity contribution < 1.29 is 101 Å². The van der Waals surface area contributed by atoms with Gasteiger partial charge in [0.25, 0.3) is 0 Å². The molecule has 4 rings (SSSR count). The first-order chi connectivity index (χ1) is 30.1. The van der Waals surface area contributed by atoms with E-state index in [9.17, 15) is 81.5 Å². The van der Waals surface area contributed by atoms with Crippen LogP contribution in [0.5, 0.6) is 0 Å². The molecule has 0 aliphatic heterocycles. The molecule has 0 bridgehead atoms. The Balaban J connectivity index is 0.000000365. The molecule has 0 unspecified atom stereocenters. The van der Waals surface area contributed by atoms with Gasteiger partial charge in [-0.2, -0.15) is 52.7 Å². The van der Waals surface area contributed by atoms with Crippen LogP contribution in [0.1, 0.15) is 61.0 Å². The van der Waals surface area contributed by atoms with E-state index in [2.05, 4.69) is 20.1 Å². The van der Waals surface area contributed by atoms with E-state index in [1.54, 1.807) is 0 Å². The molecule has 0 saturated heterocycles. The van der Waals surface area contributed by atoms with Gasteiger partial charge in [0, 0.05) is 6.42 Å². The van der Waals surface area contributed by atoms with Crippen molar-refractivity contribution in [3.05, 3.63) is 142 Å². The minimum atomic E-state index is -5.47. The average molecular weight is 941 g/mol. The summed E-state index contributed by atoms with van der Waals surface area (Å²) in [4.78, 5) is 71.4. The van der Waals surface area contributed by atoms with Crippen LogP contribution in [-0.4, -0.2) is 66.1 Å². The fourth-order valence-corrected chi connectivity index (χ4v) is 5.31. The van der Waals surface area contributed by atoms with Crippen LogP contribution in [0.15, 0.2) is 97.1 Å². The van der Waals surface area contributed by atoms with Crippen LogP contribution in [0, 0.1) is 0 Å². The van der Waals surface area contributed by atoms with Crippen LogP contribution in [0.2, 0.25) is 0 Å². The van der Waals surface area contributed by atoms with Gasteiger partial charge in [-0.05, 0) is 42.3 Å². The number of carboxylic acids is 1. The number of halogens is 12. The molecule has 0 saturated carbocycles. The average Bonchev–Trinajstić information content (AvgIpc) is 3.22. The number of aliphatic carboxylic acids is 1. The number of ketones is 1. The molecule has 3 N–H and O–H groups in total. The monoisotopic (exact) mass is 940 g/mol. The molecular formula is C41H32F12N2O10. The zero-order chi connectivity index (χ0) is 48.9. The summed E-state index contributed by atoms with van der Waals surface area (Å²) in [5, 5.41) is 13.9. The number of ether oxygens (including phenoxy) is 3. The maximum Gasteiger partial charge on any atom is 0.417 e. The number of amides is 2. The first kappa shape index (κ1) is 52.2. The fraction of sp³-hybridized carbons (Fsp3) is 0.268. The number of carboxylic acid groups (broad SMARTS) is 1. The minimum absolute atomic E-state index is 0.0673. The highest BCUT2D eigenvalue weighted by molar-refractivity contribution is 5.97. The highest BCUT2D eigenvalue weighted by Gasteiger charge is 2.45. The molecule has 350 valence electrons. The Morgan fingerprint density at radius 2 is 0.892 bits per heavy atom. The van der Waals surface area contributed by atoms with Crippen molar-refractivity contribution in [1.82, 2.24) is 10.6 Å². The van der Waals surface area contributed by atoms with Gasteiger partial charge in [0.1, 0.15) is 18.7 Å². The zero-order valence-corrected chi connectivity index (χ0v) is 32.9. The van der Waals surface area contributed by atoms with Crippen molar-refractivity contribution in [3.8, 4) is 0 Å². The van der Waals surface area contributed by atoms with Crippen molar-refractivity contribution in [2.24, 2.45) is 0 Å². The predicted octanol–water partition coefficient (Wildman–Crippen LogP) is 8.46. The molecule has 2 amide bonds. The molecule has 2 atom stereocenters. The van der Waals surface area contributed by atoms with Crippen LogP contribution in [0.4, 0.5) is 57.5 Å². The largest absolute Gasteiger partial charge is 0.480 e. The maximum absolute atomic E-state index is 13.1. The summed E-state index contributed by atoms with van der Waals surface area (Å²) in [6, 6.07) is 17.4. The first-order valence-electron chi connectivity index (χ1n) is 18.1. The van der Waals surface area contributed by atoms with Crippen LogP contribution in [0.25, 0.3) is 0 Å². The van der Waals surface area contributed by atoms with Crippen LogP contribution < -0.4 is 10.6 Å². The number of hydrogen-bond donors (Lipinski definition) is 3. The molecule has 4 aromatic carbocycles. The van der Waals surface area contributed by atoms with Gasteiger partial charge < -0.3 is 30.0 Å². The summed E-state index contributed by atoms with van der Waals surface area (Å²) in [6.45, 7) is -1.88. The molecule has 0 aliphatic rings. The lowest BCUT2D eigenvalue weighted by molar-refractivity contribution is -0.145. The molecule has 4 aromatic rings. The number of rotatable bonds is 14. The lowest BCUT2D eigenvalue weighted by atomic mass is 10.00. The fourth-order valence-electron chi connectivity index (χ4n) is 5.31. The highest BCUT2D eigenvalue weighted by Crippen LogP contribution is 2.41. The van der Waals surface area contributed by atoms with Crippen LogP contribution in [-0.2, 0) is 66.3 Å². The SMILES string of the molecule is C[C@H](NC(=O)[C@H](Cc1ccccc1)NC(=O)OCc1ccccc1)C(=O)O.O=C(COC(=O)c1c(C(F)(F)F)cccc1C(F)(F)F)COC(=O)c1c(C(F)(F)F)cccc1C(F)(F)F. The Bertz CT molecular complexity index is 2160. The van der Waals surface area contributed by atoms with Gasteiger partial charge >= 0.3 is 48.7 Å². The van der Waals surface area contributed by atoms with E-state index < -0.39 is 119 Å². The summed E-state index contributed by atoms with van der Waals surface area (Å²) >= 11 is 0. The Morgan fingerprint density at radius 3 is 1.25 bits per heavy atom. The van der Waals surface area contributed by atoms with Gasteiger partial charge in [0.2, 0.25) is 11.7 Å². The smallest absolute Gasteiger partial charge is 0.417 e. The summed E-state index contributed by atoms with van der Waals surface area (Å²) in [7, 11) is 0. The number of benzene rings is 4. The number of hydrogen-bond acceptors (Lipinski definition) is 9. The van der Waals surface area contributed by atoms with Gasteiger partial charge in [-0.3, -0.25) is 14.4 Å². The number of nitrogens with one attached hydrogen (secondary N) is 2. The van der Waals surface area contributed by atoms with Crippen molar-refractivity contribution in [2.45, 2.75) is 56.7 Å². The van der Waals surface area contributed by atoms with E-state index in [0.29, 0.717) is 12.1 Å². The summed E-state index contributed by atoms with van der Waals surface area (Å²) in [5.74, 6) is -7.93. The molecule has 0 heterocycles. The molecule has 12 nitrogen and oxygen atoms in total.